The van der Waals surface area contributed by atoms with Gasteiger partial charge in [0.25, 0.3) is 0 Å². The number of halogens is 4. The van der Waals surface area contributed by atoms with Gasteiger partial charge < -0.3 is 0 Å². The fourth-order valence-electron chi connectivity index (χ4n) is 2.01. The topological polar surface area (TPSA) is 38.0 Å². The molecule has 20 heavy (non-hydrogen) atoms. The highest BCUT2D eigenvalue weighted by Gasteiger charge is 2.21. The van der Waals surface area contributed by atoms with Gasteiger partial charge in [-0.3, -0.25) is 11.3 Å². The van der Waals surface area contributed by atoms with E-state index < -0.39 is 17.7 Å². The summed E-state index contributed by atoms with van der Waals surface area (Å²) >= 11 is 6.47. The minimum absolute atomic E-state index is 0.0635. The van der Waals surface area contributed by atoms with Crippen LogP contribution in [0.2, 0.25) is 0 Å². The Hall–Kier alpha value is -0.820. The zero-order chi connectivity index (χ0) is 14.7. The first-order valence-corrected chi connectivity index (χ1v) is 7.45. The molecule has 2 nitrogen and oxygen atoms in total. The maximum absolute atomic E-state index is 14.0. The third kappa shape index (κ3) is 3.44. The summed E-state index contributed by atoms with van der Waals surface area (Å²) in [6, 6.07) is 9.29. The van der Waals surface area contributed by atoms with Crippen LogP contribution in [0.4, 0.5) is 8.78 Å². The van der Waals surface area contributed by atoms with Crippen LogP contribution in [0.1, 0.15) is 17.2 Å². The lowest BCUT2D eigenvalue weighted by atomic mass is 9.98. The Kier molecular flexibility index (Phi) is 5.26. The van der Waals surface area contributed by atoms with E-state index in [-0.39, 0.29) is 5.56 Å². The van der Waals surface area contributed by atoms with E-state index in [0.717, 1.165) is 10.0 Å². The molecule has 0 aromatic heterocycles. The van der Waals surface area contributed by atoms with Gasteiger partial charge in [-0.25, -0.2) is 8.78 Å². The molecule has 1 atom stereocenters. The quantitative estimate of drug-likeness (QED) is 0.589. The predicted octanol–water partition coefficient (Wildman–Crippen LogP) is 4.24. The summed E-state index contributed by atoms with van der Waals surface area (Å²) < 4.78 is 29.2. The van der Waals surface area contributed by atoms with Gasteiger partial charge in [0.2, 0.25) is 0 Å². The molecule has 106 valence electrons. The number of hydrogen-bond donors (Lipinski definition) is 2. The Morgan fingerprint density at radius 1 is 1.10 bits per heavy atom. The second kappa shape index (κ2) is 6.76. The summed E-state index contributed by atoms with van der Waals surface area (Å²) in [5.41, 5.74) is 3.33. The van der Waals surface area contributed by atoms with Crippen LogP contribution in [-0.4, -0.2) is 0 Å². The van der Waals surface area contributed by atoms with E-state index in [2.05, 4.69) is 37.3 Å². The summed E-state index contributed by atoms with van der Waals surface area (Å²) in [6.45, 7) is 0. The van der Waals surface area contributed by atoms with Gasteiger partial charge in [0.15, 0.2) is 0 Å². The number of rotatable bonds is 4. The van der Waals surface area contributed by atoms with E-state index in [0.29, 0.717) is 10.9 Å². The minimum atomic E-state index is -0.651. The second-order valence-corrected chi connectivity index (χ2v) is 6.07. The smallest absolute Gasteiger partial charge is 0.132 e. The number of hydrazine groups is 1. The van der Waals surface area contributed by atoms with Gasteiger partial charge in [0.05, 0.1) is 6.04 Å². The van der Waals surface area contributed by atoms with Crippen molar-refractivity contribution in [2.75, 3.05) is 0 Å². The maximum Gasteiger partial charge on any atom is 0.132 e. The zero-order valence-electron chi connectivity index (χ0n) is 10.3. The Bertz CT molecular complexity index is 597. The highest BCUT2D eigenvalue weighted by atomic mass is 79.9. The van der Waals surface area contributed by atoms with E-state index >= 15 is 0 Å². The van der Waals surface area contributed by atoms with Gasteiger partial charge in [-0.05, 0) is 30.2 Å². The number of nitrogens with one attached hydrogen (secondary N) is 1. The van der Waals surface area contributed by atoms with Crippen molar-refractivity contribution in [3.8, 4) is 0 Å². The molecular formula is C14H12Br2F2N2. The summed E-state index contributed by atoms with van der Waals surface area (Å²) in [5.74, 6) is 4.20. The van der Waals surface area contributed by atoms with Crippen molar-refractivity contribution in [2.45, 2.75) is 12.5 Å². The number of nitrogens with two attached hydrogens (primary N) is 1. The Morgan fingerprint density at radius 2 is 1.70 bits per heavy atom. The average molecular weight is 406 g/mol. The molecule has 0 saturated carbocycles. The van der Waals surface area contributed by atoms with Crippen LogP contribution in [0.15, 0.2) is 45.3 Å². The van der Waals surface area contributed by atoms with Crippen LogP contribution in [0.3, 0.4) is 0 Å². The van der Waals surface area contributed by atoms with Gasteiger partial charge >= 0.3 is 0 Å². The summed E-state index contributed by atoms with van der Waals surface area (Å²) in [4.78, 5) is 0. The van der Waals surface area contributed by atoms with Crippen molar-refractivity contribution in [1.82, 2.24) is 5.43 Å². The number of benzene rings is 2. The van der Waals surface area contributed by atoms with Gasteiger partial charge in [0.1, 0.15) is 11.6 Å². The average Bonchev–Trinajstić information content (AvgIpc) is 2.38. The Labute approximate surface area is 132 Å². The maximum atomic E-state index is 14.0. The lowest BCUT2D eigenvalue weighted by Crippen LogP contribution is -2.31. The summed E-state index contributed by atoms with van der Waals surface area (Å²) in [7, 11) is 0. The van der Waals surface area contributed by atoms with Gasteiger partial charge in [0, 0.05) is 14.5 Å². The fourth-order valence-corrected chi connectivity index (χ4v) is 2.86. The summed E-state index contributed by atoms with van der Waals surface area (Å²) in [5, 5.41) is 0. The third-order valence-electron chi connectivity index (χ3n) is 2.98. The molecule has 3 N–H and O–H groups in total. The van der Waals surface area contributed by atoms with Crippen LogP contribution in [-0.2, 0) is 6.42 Å². The molecule has 0 aliphatic carbocycles. The van der Waals surface area contributed by atoms with Gasteiger partial charge in [-0.1, -0.05) is 50.1 Å². The van der Waals surface area contributed by atoms with Crippen LogP contribution < -0.4 is 11.3 Å². The van der Waals surface area contributed by atoms with Crippen LogP contribution in [0, 0.1) is 11.6 Å². The monoisotopic (exact) mass is 404 g/mol. The van der Waals surface area contributed by atoms with Crippen molar-refractivity contribution in [2.24, 2.45) is 5.84 Å². The first-order valence-electron chi connectivity index (χ1n) is 5.87. The molecular weight excluding hydrogens is 394 g/mol. The number of hydrogen-bond acceptors (Lipinski definition) is 2. The van der Waals surface area contributed by atoms with E-state index in [1.807, 2.05) is 24.3 Å². The molecule has 0 spiro atoms. The molecule has 6 heteroatoms. The van der Waals surface area contributed by atoms with E-state index in [9.17, 15) is 8.78 Å². The normalized spacial score (nSPS) is 12.4. The van der Waals surface area contributed by atoms with Crippen LogP contribution in [0.5, 0.6) is 0 Å². The molecule has 2 rings (SSSR count). The molecule has 2 aromatic carbocycles. The van der Waals surface area contributed by atoms with Crippen molar-refractivity contribution >= 4 is 31.9 Å². The zero-order valence-corrected chi connectivity index (χ0v) is 13.5. The first kappa shape index (κ1) is 15.6. The van der Waals surface area contributed by atoms with E-state index in [4.69, 9.17) is 5.84 Å². The van der Waals surface area contributed by atoms with E-state index in [1.165, 1.54) is 12.1 Å². The van der Waals surface area contributed by atoms with Crippen LogP contribution >= 0.6 is 31.9 Å². The lowest BCUT2D eigenvalue weighted by molar-refractivity contribution is 0.472. The van der Waals surface area contributed by atoms with Crippen molar-refractivity contribution in [1.29, 1.82) is 0 Å². The molecule has 2 aromatic rings. The molecule has 0 aliphatic rings. The largest absolute Gasteiger partial charge is 0.271 e. The molecule has 0 heterocycles. The van der Waals surface area contributed by atoms with Crippen molar-refractivity contribution in [3.05, 3.63) is 68.1 Å². The first-order chi connectivity index (χ1) is 9.52. The highest BCUT2D eigenvalue weighted by molar-refractivity contribution is 9.10. The molecule has 0 radical (unpaired) electrons. The molecule has 0 saturated heterocycles. The minimum Gasteiger partial charge on any atom is -0.271 e. The lowest BCUT2D eigenvalue weighted by Gasteiger charge is -2.19. The van der Waals surface area contributed by atoms with Gasteiger partial charge in [-0.15, -0.1) is 0 Å². The Morgan fingerprint density at radius 3 is 2.25 bits per heavy atom. The molecule has 0 aliphatic heterocycles. The SMILES string of the molecule is NNC(Cc1ccccc1Br)c1c(F)cc(Br)cc1F. The fraction of sp³-hybridized carbons (Fsp3) is 0.143. The van der Waals surface area contributed by atoms with E-state index in [1.54, 1.807) is 0 Å². The van der Waals surface area contributed by atoms with Crippen LogP contribution in [0.25, 0.3) is 0 Å². The standard InChI is InChI=1S/C14H12Br2F2N2/c15-9-6-11(17)14(12(18)7-9)13(20-19)5-8-3-1-2-4-10(8)16/h1-4,6-7,13,20H,5,19H2. The molecule has 0 bridgehead atoms. The highest BCUT2D eigenvalue weighted by Crippen LogP contribution is 2.28. The predicted molar refractivity (Wildman–Crippen MR) is 82.0 cm³/mol. The Balaban J connectivity index is 2.37. The summed E-state index contributed by atoms with van der Waals surface area (Å²) in [6.07, 6.45) is 0.368. The second-order valence-electron chi connectivity index (χ2n) is 4.30. The third-order valence-corrected chi connectivity index (χ3v) is 4.21. The molecule has 0 amide bonds. The van der Waals surface area contributed by atoms with Crippen molar-refractivity contribution < 1.29 is 8.78 Å². The molecule has 0 fully saturated rings. The van der Waals surface area contributed by atoms with Gasteiger partial charge in [-0.2, -0.15) is 0 Å². The van der Waals surface area contributed by atoms with Crippen molar-refractivity contribution in [3.63, 3.8) is 0 Å². The molecule has 1 unspecified atom stereocenters.